The molecule has 0 aliphatic heterocycles. The molecular formula is C29H37N5O6S2Si. The van der Waals surface area contributed by atoms with Crippen molar-refractivity contribution in [2.24, 2.45) is 0 Å². The molecule has 4 rings (SSSR count). The fraction of sp³-hybridized carbons (Fsp3) is 0.379. The van der Waals surface area contributed by atoms with E-state index in [4.69, 9.17) is 9.41 Å². The highest BCUT2D eigenvalue weighted by Gasteiger charge is 2.37. The molecule has 0 radical (unpaired) electrons. The lowest BCUT2D eigenvalue weighted by atomic mass is 10.1. The number of fused-ring (bicyclic) bond motifs is 1. The first kappa shape index (κ1) is 32.6. The van der Waals surface area contributed by atoms with Gasteiger partial charge >= 0.3 is 0 Å². The fourth-order valence-corrected chi connectivity index (χ4v) is 7.83. The number of hydrogen-bond donors (Lipinski definition) is 1. The molecule has 1 N–H and O–H groups in total. The van der Waals surface area contributed by atoms with Gasteiger partial charge in [-0.05, 0) is 54.4 Å². The van der Waals surface area contributed by atoms with Gasteiger partial charge in [0.1, 0.15) is 10.8 Å². The van der Waals surface area contributed by atoms with Crippen LogP contribution in [0, 0.1) is 10.1 Å². The van der Waals surface area contributed by atoms with Gasteiger partial charge in [-0.2, -0.15) is 9.40 Å². The number of rotatable bonds is 13. The van der Waals surface area contributed by atoms with Crippen LogP contribution < -0.4 is 0 Å². The largest absolute Gasteiger partial charge is 0.508 e. The summed E-state index contributed by atoms with van der Waals surface area (Å²) in [6.45, 7) is 11.4. The molecule has 0 atom stereocenters. The van der Waals surface area contributed by atoms with Crippen molar-refractivity contribution in [3.8, 4) is 16.9 Å². The van der Waals surface area contributed by atoms with E-state index >= 15 is 0 Å². The van der Waals surface area contributed by atoms with Gasteiger partial charge in [0.05, 0.1) is 11.1 Å². The maximum Gasteiger partial charge on any atom is 0.289 e. The molecular weight excluding hydrogens is 607 g/mol. The molecule has 0 saturated heterocycles. The first-order chi connectivity index (χ1) is 20.2. The number of phenolic OH excluding ortho intramolecular Hbond substituents is 1. The van der Waals surface area contributed by atoms with Crippen LogP contribution in [0.1, 0.15) is 27.2 Å². The monoisotopic (exact) mass is 643 g/mol. The van der Waals surface area contributed by atoms with Crippen LogP contribution in [0.2, 0.25) is 18.1 Å². The van der Waals surface area contributed by atoms with Crippen molar-refractivity contribution >= 4 is 41.4 Å². The number of nitrogens with zero attached hydrogens (tertiary/aromatic N) is 5. The highest BCUT2D eigenvalue weighted by Crippen LogP contribution is 2.36. The minimum atomic E-state index is -4.17. The van der Waals surface area contributed by atoms with E-state index in [0.717, 1.165) is 11.1 Å². The van der Waals surface area contributed by atoms with Crippen molar-refractivity contribution in [2.45, 2.75) is 55.2 Å². The number of para-hydroxylation sites is 1. The third kappa shape index (κ3) is 7.62. The summed E-state index contributed by atoms with van der Waals surface area (Å²) >= 11 is 1.38. The Bertz CT molecular complexity index is 1710. The molecule has 0 aliphatic carbocycles. The highest BCUT2D eigenvalue weighted by molar-refractivity contribution is 7.99. The van der Waals surface area contributed by atoms with Gasteiger partial charge in [-0.15, -0.1) is 11.8 Å². The Labute approximate surface area is 257 Å². The molecule has 0 fully saturated rings. The van der Waals surface area contributed by atoms with Crippen LogP contribution in [0.15, 0.2) is 76.9 Å². The zero-order valence-corrected chi connectivity index (χ0v) is 27.6. The molecule has 0 spiro atoms. The Balaban J connectivity index is 1.52. The van der Waals surface area contributed by atoms with E-state index in [-0.39, 0.29) is 28.8 Å². The van der Waals surface area contributed by atoms with Crippen LogP contribution in [-0.2, 0) is 14.4 Å². The average Bonchev–Trinajstić information content (AvgIpc) is 3.37. The van der Waals surface area contributed by atoms with Gasteiger partial charge in [0.25, 0.3) is 5.69 Å². The number of nitro benzene ring substituents is 1. The molecule has 11 nitrogen and oxygen atoms in total. The van der Waals surface area contributed by atoms with E-state index in [1.165, 1.54) is 40.3 Å². The lowest BCUT2D eigenvalue weighted by Crippen LogP contribution is -2.41. The fourth-order valence-electron chi connectivity index (χ4n) is 4.16. The maximum absolute atomic E-state index is 13.8. The summed E-state index contributed by atoms with van der Waals surface area (Å²) in [6, 6.07) is 14.1. The number of nitro groups is 1. The van der Waals surface area contributed by atoms with Gasteiger partial charge in [0.2, 0.25) is 10.0 Å². The minimum absolute atomic E-state index is 0.0183. The molecule has 0 amide bonds. The predicted molar refractivity (Wildman–Crippen MR) is 170 cm³/mol. The van der Waals surface area contributed by atoms with Gasteiger partial charge < -0.3 is 9.53 Å². The summed E-state index contributed by atoms with van der Waals surface area (Å²) in [5.74, 6) is 0.499. The minimum Gasteiger partial charge on any atom is -0.508 e. The van der Waals surface area contributed by atoms with Crippen LogP contribution in [0.4, 0.5) is 5.69 Å². The molecule has 2 aromatic carbocycles. The van der Waals surface area contributed by atoms with Crippen molar-refractivity contribution in [3.63, 3.8) is 0 Å². The predicted octanol–water partition coefficient (Wildman–Crippen LogP) is 6.21. The standard InChI is InChI=1S/C29H37N5O6S2Si/c1-29(2,3)43(4,5)40-18-9-15-32(42(38,39)26-13-7-6-12-25(26)34(36)37)17-19-41-27-14-16-33-28(31-27)24(21-30-33)22-10-8-11-23(35)20-22/h6-8,10-14,16,20-21,35H,9,15,17-19H2,1-5H3. The van der Waals surface area contributed by atoms with Gasteiger partial charge in [-0.25, -0.2) is 17.9 Å². The Kier molecular flexibility index (Phi) is 9.96. The van der Waals surface area contributed by atoms with Crippen molar-refractivity contribution in [1.29, 1.82) is 0 Å². The van der Waals surface area contributed by atoms with Crippen LogP contribution in [0.5, 0.6) is 5.75 Å². The molecule has 2 aromatic heterocycles. The third-order valence-electron chi connectivity index (χ3n) is 7.59. The molecule has 0 unspecified atom stereocenters. The molecule has 2 heterocycles. The Hall–Kier alpha value is -3.30. The van der Waals surface area contributed by atoms with Gasteiger partial charge in [0.15, 0.2) is 18.9 Å². The molecule has 43 heavy (non-hydrogen) atoms. The zero-order valence-electron chi connectivity index (χ0n) is 24.9. The van der Waals surface area contributed by atoms with E-state index in [2.05, 4.69) is 39.0 Å². The summed E-state index contributed by atoms with van der Waals surface area (Å²) in [7, 11) is -6.19. The molecule has 0 bridgehead atoms. The number of thioether (sulfide) groups is 1. The second kappa shape index (κ2) is 13.1. The SMILES string of the molecule is CC(C)(C)[Si](C)(C)OCCCN(CCSc1ccn2ncc(-c3cccc(O)c3)c2n1)S(=O)(=O)c1ccccc1[N+](=O)[O-]. The van der Waals surface area contributed by atoms with Crippen LogP contribution in [-0.4, -0.2) is 71.1 Å². The molecule has 0 saturated carbocycles. The van der Waals surface area contributed by atoms with Crippen LogP contribution in [0.3, 0.4) is 0 Å². The Morgan fingerprint density at radius 2 is 1.86 bits per heavy atom. The number of phenols is 1. The summed E-state index contributed by atoms with van der Waals surface area (Å²) in [4.78, 5) is 15.4. The smallest absolute Gasteiger partial charge is 0.289 e. The van der Waals surface area contributed by atoms with Crippen LogP contribution in [0.25, 0.3) is 16.8 Å². The Morgan fingerprint density at radius 1 is 1.12 bits per heavy atom. The van der Waals surface area contributed by atoms with Crippen molar-refractivity contribution in [2.75, 3.05) is 25.4 Å². The zero-order chi connectivity index (χ0) is 31.4. The second-order valence-corrected chi connectivity index (χ2v) is 19.4. The van der Waals surface area contributed by atoms with Gasteiger partial charge in [0, 0.05) is 43.3 Å². The Morgan fingerprint density at radius 3 is 2.56 bits per heavy atom. The topological polar surface area (TPSA) is 140 Å². The molecule has 4 aromatic rings. The van der Waals surface area contributed by atoms with Gasteiger partial charge in [-0.3, -0.25) is 10.1 Å². The highest BCUT2D eigenvalue weighted by atomic mass is 32.2. The van der Waals surface area contributed by atoms with Crippen LogP contribution >= 0.6 is 11.8 Å². The van der Waals surface area contributed by atoms with Crippen molar-refractivity contribution < 1.29 is 22.9 Å². The summed E-state index contributed by atoms with van der Waals surface area (Å²) in [5, 5.41) is 26.6. The summed E-state index contributed by atoms with van der Waals surface area (Å²) in [6.07, 6.45) is 3.90. The van der Waals surface area contributed by atoms with E-state index in [9.17, 15) is 23.6 Å². The maximum atomic E-state index is 13.8. The summed E-state index contributed by atoms with van der Waals surface area (Å²) in [5.41, 5.74) is 1.67. The van der Waals surface area contributed by atoms with Gasteiger partial charge in [-0.1, -0.05) is 45.0 Å². The number of benzene rings is 2. The number of aromatic hydroxyl groups is 1. The number of aromatic nitrogens is 3. The van der Waals surface area contributed by atoms with Crippen molar-refractivity contribution in [1.82, 2.24) is 18.9 Å². The number of sulfonamides is 1. The normalized spacial score (nSPS) is 12.7. The molecule has 0 aliphatic rings. The lowest BCUT2D eigenvalue weighted by molar-refractivity contribution is -0.387. The molecule has 230 valence electrons. The summed E-state index contributed by atoms with van der Waals surface area (Å²) < 4.78 is 36.7. The second-order valence-electron chi connectivity index (χ2n) is 11.6. The van der Waals surface area contributed by atoms with E-state index < -0.39 is 29.0 Å². The van der Waals surface area contributed by atoms with Crippen molar-refractivity contribution in [3.05, 3.63) is 77.1 Å². The van der Waals surface area contributed by atoms with E-state index in [1.807, 2.05) is 6.07 Å². The average molecular weight is 644 g/mol. The number of hydrogen-bond acceptors (Lipinski definition) is 9. The lowest BCUT2D eigenvalue weighted by Gasteiger charge is -2.36. The first-order valence-electron chi connectivity index (χ1n) is 13.8. The van der Waals surface area contributed by atoms with E-state index in [0.29, 0.717) is 29.5 Å². The molecule has 14 heteroatoms. The quantitative estimate of drug-likeness (QED) is 0.0450. The first-order valence-corrected chi connectivity index (χ1v) is 19.2. The van der Waals surface area contributed by atoms with E-state index in [1.54, 1.807) is 41.2 Å². The third-order valence-corrected chi connectivity index (χ3v) is 15.0.